The van der Waals surface area contributed by atoms with E-state index in [9.17, 15) is 0 Å². The molecule has 0 aliphatic carbocycles. The number of hydrogen-bond acceptors (Lipinski definition) is 2. The molecule has 0 aromatic rings. The maximum atomic E-state index is 3.30. The first-order valence-electron chi connectivity index (χ1n) is 6.33. The van der Waals surface area contributed by atoms with Crippen LogP contribution in [0.2, 0.25) is 0 Å². The lowest BCUT2D eigenvalue weighted by atomic mass is 9.88. The molecular formula is C13H28N2. The topological polar surface area (TPSA) is 15.3 Å². The Balaban J connectivity index is 2.47. The van der Waals surface area contributed by atoms with Crippen LogP contribution in [-0.2, 0) is 0 Å². The van der Waals surface area contributed by atoms with Crippen LogP contribution in [0.4, 0.5) is 0 Å². The van der Waals surface area contributed by atoms with Gasteiger partial charge >= 0.3 is 0 Å². The second-order valence-corrected chi connectivity index (χ2v) is 6.16. The molecule has 1 rings (SSSR count). The van der Waals surface area contributed by atoms with Crippen molar-refractivity contribution in [3.8, 4) is 0 Å². The molecule has 1 fully saturated rings. The summed E-state index contributed by atoms with van der Waals surface area (Å²) >= 11 is 0. The van der Waals surface area contributed by atoms with Crippen LogP contribution in [0.1, 0.15) is 40.5 Å². The van der Waals surface area contributed by atoms with Crippen LogP contribution < -0.4 is 5.32 Å². The zero-order valence-electron chi connectivity index (χ0n) is 11.1. The van der Waals surface area contributed by atoms with E-state index in [1.807, 2.05) is 7.05 Å². The fraction of sp³-hybridized carbons (Fsp3) is 1.00. The monoisotopic (exact) mass is 212 g/mol. The zero-order chi connectivity index (χ0) is 11.5. The summed E-state index contributed by atoms with van der Waals surface area (Å²) in [6.45, 7) is 13.1. The fourth-order valence-electron chi connectivity index (χ4n) is 2.68. The van der Waals surface area contributed by atoms with Crippen LogP contribution in [0.3, 0.4) is 0 Å². The molecule has 0 saturated carbocycles. The van der Waals surface area contributed by atoms with E-state index < -0.39 is 0 Å². The van der Waals surface area contributed by atoms with Crippen molar-refractivity contribution in [3.63, 3.8) is 0 Å². The second-order valence-electron chi connectivity index (χ2n) is 6.16. The quantitative estimate of drug-likeness (QED) is 0.769. The summed E-state index contributed by atoms with van der Waals surface area (Å²) < 4.78 is 0. The summed E-state index contributed by atoms with van der Waals surface area (Å²) in [7, 11) is 2.05. The lowest BCUT2D eigenvalue weighted by molar-refractivity contribution is 0.0805. The van der Waals surface area contributed by atoms with Crippen molar-refractivity contribution in [2.24, 2.45) is 11.3 Å². The number of nitrogens with one attached hydrogen (secondary N) is 1. The van der Waals surface area contributed by atoms with Crippen LogP contribution in [-0.4, -0.2) is 37.6 Å². The van der Waals surface area contributed by atoms with E-state index >= 15 is 0 Å². The summed E-state index contributed by atoms with van der Waals surface area (Å²) in [6, 6.07) is 0.775. The molecule has 2 heteroatoms. The first kappa shape index (κ1) is 13.0. The number of piperidine rings is 1. The number of nitrogens with zero attached hydrogens (tertiary/aromatic N) is 1. The van der Waals surface area contributed by atoms with Crippen molar-refractivity contribution in [1.82, 2.24) is 10.2 Å². The van der Waals surface area contributed by atoms with Gasteiger partial charge in [-0.1, -0.05) is 20.8 Å². The highest BCUT2D eigenvalue weighted by Crippen LogP contribution is 2.25. The minimum absolute atomic E-state index is 0.389. The molecular weight excluding hydrogens is 184 g/mol. The Morgan fingerprint density at radius 1 is 1.27 bits per heavy atom. The van der Waals surface area contributed by atoms with E-state index in [0.29, 0.717) is 5.41 Å². The van der Waals surface area contributed by atoms with Crippen LogP contribution in [0, 0.1) is 11.3 Å². The first-order chi connectivity index (χ1) is 6.94. The molecule has 2 atom stereocenters. The molecule has 0 aromatic heterocycles. The SMILES string of the molecule is CNCC(C)(C)CN1CC(C)CCC1C. The average molecular weight is 212 g/mol. The second kappa shape index (κ2) is 5.31. The molecule has 1 heterocycles. The number of likely N-dealkylation sites (tertiary alicyclic amines) is 1. The van der Waals surface area contributed by atoms with E-state index in [2.05, 4.69) is 37.9 Å². The largest absolute Gasteiger partial charge is 0.319 e. The van der Waals surface area contributed by atoms with Gasteiger partial charge in [0.15, 0.2) is 0 Å². The molecule has 0 aromatic carbocycles. The third-order valence-electron chi connectivity index (χ3n) is 3.53. The summed E-state index contributed by atoms with van der Waals surface area (Å²) in [5.74, 6) is 0.881. The smallest absolute Gasteiger partial charge is 0.00673 e. The van der Waals surface area contributed by atoms with Crippen molar-refractivity contribution < 1.29 is 0 Å². The van der Waals surface area contributed by atoms with Gasteiger partial charge in [0.05, 0.1) is 0 Å². The van der Waals surface area contributed by atoms with Gasteiger partial charge in [-0.3, -0.25) is 4.90 Å². The Morgan fingerprint density at radius 3 is 2.53 bits per heavy atom. The van der Waals surface area contributed by atoms with Gasteiger partial charge in [0, 0.05) is 25.7 Å². The van der Waals surface area contributed by atoms with Crippen molar-refractivity contribution in [2.45, 2.75) is 46.6 Å². The van der Waals surface area contributed by atoms with Crippen LogP contribution in [0.25, 0.3) is 0 Å². The Morgan fingerprint density at radius 2 is 1.93 bits per heavy atom. The van der Waals surface area contributed by atoms with E-state index in [-0.39, 0.29) is 0 Å². The molecule has 1 saturated heterocycles. The van der Waals surface area contributed by atoms with Gasteiger partial charge in [-0.25, -0.2) is 0 Å². The van der Waals surface area contributed by atoms with Gasteiger partial charge in [0.1, 0.15) is 0 Å². The average Bonchev–Trinajstić information content (AvgIpc) is 2.10. The summed E-state index contributed by atoms with van der Waals surface area (Å²) in [5.41, 5.74) is 0.389. The predicted octanol–water partition coefficient (Wildman–Crippen LogP) is 2.35. The van der Waals surface area contributed by atoms with Crippen LogP contribution in [0.15, 0.2) is 0 Å². The molecule has 2 unspecified atom stereocenters. The summed E-state index contributed by atoms with van der Waals surface area (Å²) in [4.78, 5) is 2.67. The predicted molar refractivity (Wildman–Crippen MR) is 67.1 cm³/mol. The Bertz CT molecular complexity index is 189. The molecule has 0 radical (unpaired) electrons. The zero-order valence-corrected chi connectivity index (χ0v) is 11.1. The van der Waals surface area contributed by atoms with E-state index in [1.165, 1.54) is 25.9 Å². The lowest BCUT2D eigenvalue weighted by Gasteiger charge is -2.41. The van der Waals surface area contributed by atoms with Gasteiger partial charge in [-0.2, -0.15) is 0 Å². The third kappa shape index (κ3) is 4.12. The number of hydrogen-bond donors (Lipinski definition) is 1. The van der Waals surface area contributed by atoms with Gasteiger partial charge in [0.2, 0.25) is 0 Å². The van der Waals surface area contributed by atoms with Gasteiger partial charge in [-0.05, 0) is 38.1 Å². The molecule has 2 nitrogen and oxygen atoms in total. The summed E-state index contributed by atoms with van der Waals surface area (Å²) in [6.07, 6.45) is 2.78. The minimum Gasteiger partial charge on any atom is -0.319 e. The van der Waals surface area contributed by atoms with E-state index in [0.717, 1.165) is 18.5 Å². The Labute approximate surface area is 95.4 Å². The lowest BCUT2D eigenvalue weighted by Crippen LogP contribution is -2.47. The van der Waals surface area contributed by atoms with Crippen molar-refractivity contribution in [2.75, 3.05) is 26.7 Å². The first-order valence-corrected chi connectivity index (χ1v) is 6.33. The highest BCUT2D eigenvalue weighted by Gasteiger charge is 2.28. The molecule has 0 amide bonds. The van der Waals surface area contributed by atoms with E-state index in [4.69, 9.17) is 0 Å². The molecule has 0 spiro atoms. The standard InChI is InChI=1S/C13H28N2/c1-11-6-7-12(2)15(8-11)10-13(3,4)9-14-5/h11-12,14H,6-10H2,1-5H3. The molecule has 90 valence electrons. The van der Waals surface area contributed by atoms with Crippen LogP contribution in [0.5, 0.6) is 0 Å². The van der Waals surface area contributed by atoms with Gasteiger partial charge < -0.3 is 5.32 Å². The molecule has 0 bridgehead atoms. The number of rotatable bonds is 4. The van der Waals surface area contributed by atoms with Crippen LogP contribution >= 0.6 is 0 Å². The Hall–Kier alpha value is -0.0800. The minimum atomic E-state index is 0.389. The molecule has 15 heavy (non-hydrogen) atoms. The molecule has 1 aliphatic heterocycles. The highest BCUT2D eigenvalue weighted by molar-refractivity contribution is 4.82. The summed E-state index contributed by atoms with van der Waals surface area (Å²) in [5, 5.41) is 3.30. The highest BCUT2D eigenvalue weighted by atomic mass is 15.2. The maximum Gasteiger partial charge on any atom is 0.00673 e. The maximum absolute atomic E-state index is 3.30. The van der Waals surface area contributed by atoms with Gasteiger partial charge in [-0.15, -0.1) is 0 Å². The van der Waals surface area contributed by atoms with E-state index in [1.54, 1.807) is 0 Å². The van der Waals surface area contributed by atoms with Crippen molar-refractivity contribution >= 4 is 0 Å². The van der Waals surface area contributed by atoms with Crippen molar-refractivity contribution in [3.05, 3.63) is 0 Å². The molecule has 1 N–H and O–H groups in total. The normalized spacial score (nSPS) is 29.4. The van der Waals surface area contributed by atoms with Gasteiger partial charge in [0.25, 0.3) is 0 Å². The van der Waals surface area contributed by atoms with Crippen molar-refractivity contribution in [1.29, 1.82) is 0 Å². The Kier molecular flexibility index (Phi) is 4.60. The molecule has 1 aliphatic rings. The third-order valence-corrected chi connectivity index (χ3v) is 3.53. The fourth-order valence-corrected chi connectivity index (χ4v) is 2.68.